The van der Waals surface area contributed by atoms with Crippen LogP contribution in [-0.4, -0.2) is 103 Å². The van der Waals surface area contributed by atoms with Gasteiger partial charge in [0.25, 0.3) is 5.69 Å². The largest absolute Gasteiger partial charge is 0.497 e. The van der Waals surface area contributed by atoms with Crippen molar-refractivity contribution in [3.05, 3.63) is 106 Å². The van der Waals surface area contributed by atoms with Crippen molar-refractivity contribution in [1.82, 2.24) is 4.90 Å². The van der Waals surface area contributed by atoms with Gasteiger partial charge in [-0.05, 0) is 91.1 Å². The van der Waals surface area contributed by atoms with Gasteiger partial charge in [0.1, 0.15) is 42.3 Å². The topological polar surface area (TPSA) is 210 Å². The van der Waals surface area contributed by atoms with E-state index in [-0.39, 0.29) is 68.6 Å². The summed E-state index contributed by atoms with van der Waals surface area (Å²) in [4.78, 5) is 45.6. The molecule has 1 fully saturated rings. The molecular formula is C47H57ClN4O13. The van der Waals surface area contributed by atoms with Crippen molar-refractivity contribution >= 4 is 40.9 Å². The van der Waals surface area contributed by atoms with Crippen LogP contribution in [0.2, 0.25) is 0 Å². The number of fused-ring (bicyclic) bond motifs is 2. The molecule has 0 radical (unpaired) electrons. The van der Waals surface area contributed by atoms with Crippen molar-refractivity contribution in [2.24, 2.45) is 22.9 Å². The quantitative estimate of drug-likeness (QED) is 0.0285. The number of methoxy groups -OCH3 is 2. The van der Waals surface area contributed by atoms with Crippen molar-refractivity contribution in [2.45, 2.75) is 69.3 Å². The summed E-state index contributed by atoms with van der Waals surface area (Å²) in [6.07, 6.45) is 6.42. The third-order valence-electron chi connectivity index (χ3n) is 12.1. The van der Waals surface area contributed by atoms with Crippen LogP contribution in [0.15, 0.2) is 90.1 Å². The summed E-state index contributed by atoms with van der Waals surface area (Å²) >= 11 is 5.95. The van der Waals surface area contributed by atoms with Crippen molar-refractivity contribution in [3.63, 3.8) is 0 Å². The standard InChI is InChI=1S/C47H57ClN4O13/c1-5-23-62-47-42(51(2)46(56)61-24-20-48)28-39(50-63-29-30-12-14-32(15-13-30)52(57)58)36-25-31(10-6-8-21-53)35(11-7-9-22-54)43(44(36)47)37-26-34(17-19-40(37)65-47)64-45(55)49-38-18-16-33(59-3)27-41(38)60-4/h5,12-19,25-27,31,35,42-44,53-54H,1,6-11,20-24,28-29H2,2-4H3,(H,49,55)/t31-,35+,42-,43+,44+,47+/m0/s1. The lowest BCUT2D eigenvalue weighted by atomic mass is 9.55. The maximum atomic E-state index is 13.8. The molecule has 3 aromatic rings. The third kappa shape index (κ3) is 11.2. The molecule has 65 heavy (non-hydrogen) atoms. The molecule has 350 valence electrons. The number of aliphatic hydroxyl groups excluding tert-OH is 2. The number of alkyl halides is 1. The molecule has 3 aliphatic rings. The second kappa shape index (κ2) is 22.8. The van der Waals surface area contributed by atoms with E-state index in [0.29, 0.717) is 66.3 Å². The van der Waals surface area contributed by atoms with Gasteiger partial charge >= 0.3 is 12.2 Å². The number of hydrogen-bond donors (Lipinski definition) is 3. The van der Waals surface area contributed by atoms with Gasteiger partial charge in [0.15, 0.2) is 0 Å². The smallest absolute Gasteiger partial charge is 0.417 e. The maximum absolute atomic E-state index is 13.8. The number of nitrogens with one attached hydrogen (secondary N) is 1. The van der Waals surface area contributed by atoms with Gasteiger partial charge in [-0.3, -0.25) is 15.4 Å². The number of anilines is 1. The fraction of sp³-hybridized carbons (Fsp3) is 0.468. The Labute approximate surface area is 383 Å². The van der Waals surface area contributed by atoms with Crippen LogP contribution in [0.1, 0.15) is 62.0 Å². The number of nitro benzene ring substituents is 1. The average Bonchev–Trinajstić information content (AvgIpc) is 3.31. The molecular weight excluding hydrogens is 864 g/mol. The molecule has 0 bridgehead atoms. The molecule has 2 amide bonds. The molecule has 3 N–H and O–H groups in total. The van der Waals surface area contributed by atoms with E-state index in [0.717, 1.165) is 17.6 Å². The number of likely N-dealkylation sites (N-methyl/N-ethyl adjacent to an activating group) is 1. The fourth-order valence-electron chi connectivity index (χ4n) is 9.19. The zero-order valence-electron chi connectivity index (χ0n) is 36.8. The molecule has 0 unspecified atom stereocenters. The highest BCUT2D eigenvalue weighted by atomic mass is 35.5. The number of amides is 2. The average molecular weight is 921 g/mol. The van der Waals surface area contributed by atoms with Gasteiger partial charge in [-0.1, -0.05) is 30.1 Å². The van der Waals surface area contributed by atoms with E-state index >= 15 is 0 Å². The van der Waals surface area contributed by atoms with E-state index in [1.54, 1.807) is 61.7 Å². The first-order chi connectivity index (χ1) is 31.5. The monoisotopic (exact) mass is 920 g/mol. The number of rotatable bonds is 22. The number of carbonyl (C=O) groups excluding carboxylic acids is 2. The number of aliphatic hydroxyl groups is 2. The Morgan fingerprint density at radius 2 is 1.77 bits per heavy atom. The minimum Gasteiger partial charge on any atom is -0.497 e. The van der Waals surface area contributed by atoms with Crippen LogP contribution in [0, 0.1) is 27.9 Å². The molecule has 6 atom stereocenters. The summed E-state index contributed by atoms with van der Waals surface area (Å²) in [5, 5.41) is 38.6. The predicted molar refractivity (Wildman–Crippen MR) is 242 cm³/mol. The van der Waals surface area contributed by atoms with Crippen LogP contribution in [0.4, 0.5) is 21.0 Å². The van der Waals surface area contributed by atoms with E-state index in [9.17, 15) is 29.9 Å². The van der Waals surface area contributed by atoms with Gasteiger partial charge in [0.05, 0.1) is 48.9 Å². The SMILES string of the molecule is C=CCO[C@@]12Oc3ccc(OC(=O)Nc4ccc(OC)cc4OC)cc3[C@H]3[C@H](CCCCO)[C@@H](CCCCO)C=C(C(=NOCc4ccc([N+](=O)[O-])cc4)C[C@@H]1N(C)C(=O)OCCCl)[C@H]32. The molecule has 17 nitrogen and oxygen atoms in total. The molecule has 1 saturated carbocycles. The molecule has 1 aliphatic heterocycles. The molecule has 18 heteroatoms. The number of ether oxygens (including phenoxy) is 6. The number of oxime groups is 1. The molecule has 6 rings (SSSR count). The molecule has 0 aromatic heterocycles. The Morgan fingerprint density at radius 1 is 1.03 bits per heavy atom. The summed E-state index contributed by atoms with van der Waals surface area (Å²) in [5.74, 6) is -1.13. The van der Waals surface area contributed by atoms with Crippen molar-refractivity contribution in [3.8, 4) is 23.0 Å². The number of carbonyl (C=O) groups is 2. The summed E-state index contributed by atoms with van der Waals surface area (Å²) in [5.41, 5.74) is 2.98. The van der Waals surface area contributed by atoms with Gasteiger partial charge < -0.3 is 48.4 Å². The molecule has 2 aliphatic carbocycles. The summed E-state index contributed by atoms with van der Waals surface area (Å²) < 4.78 is 36.3. The van der Waals surface area contributed by atoms with E-state index < -0.39 is 40.8 Å². The van der Waals surface area contributed by atoms with E-state index in [4.69, 9.17) is 50.0 Å². The van der Waals surface area contributed by atoms with Crippen molar-refractivity contribution in [2.75, 3.05) is 58.9 Å². The number of unbranched alkanes of at least 4 members (excludes halogenated alkanes) is 2. The summed E-state index contributed by atoms with van der Waals surface area (Å²) in [6, 6.07) is 15.2. The van der Waals surface area contributed by atoms with Crippen LogP contribution in [0.3, 0.4) is 0 Å². The van der Waals surface area contributed by atoms with Crippen LogP contribution >= 0.6 is 11.6 Å². The summed E-state index contributed by atoms with van der Waals surface area (Å²) in [6.45, 7) is 3.98. The van der Waals surface area contributed by atoms with Gasteiger partial charge in [-0.15, -0.1) is 18.2 Å². The number of benzene rings is 3. The minimum absolute atomic E-state index is 0.00649. The number of allylic oxidation sites excluding steroid dienone is 1. The van der Waals surface area contributed by atoms with Crippen molar-refractivity contribution in [1.29, 1.82) is 0 Å². The third-order valence-corrected chi connectivity index (χ3v) is 12.3. The Morgan fingerprint density at radius 3 is 2.45 bits per heavy atom. The second-order valence-corrected chi connectivity index (χ2v) is 16.3. The molecule has 0 spiro atoms. The van der Waals surface area contributed by atoms with Gasteiger partial charge in [-0.25, -0.2) is 9.59 Å². The van der Waals surface area contributed by atoms with Crippen molar-refractivity contribution < 1.29 is 58.0 Å². The van der Waals surface area contributed by atoms with Crippen LogP contribution in [-0.2, 0) is 20.9 Å². The lowest BCUT2D eigenvalue weighted by Gasteiger charge is -2.59. The Kier molecular flexibility index (Phi) is 17.1. The summed E-state index contributed by atoms with van der Waals surface area (Å²) in [7, 11) is 4.61. The minimum atomic E-state index is -1.56. The first kappa shape index (κ1) is 48.6. The van der Waals surface area contributed by atoms with Gasteiger partial charge in [-0.2, -0.15) is 0 Å². The fourth-order valence-corrected chi connectivity index (χ4v) is 9.27. The zero-order valence-corrected chi connectivity index (χ0v) is 37.6. The highest BCUT2D eigenvalue weighted by molar-refractivity contribution is 6.18. The van der Waals surface area contributed by atoms with Crippen LogP contribution < -0.4 is 24.3 Å². The number of nitro groups is 1. The maximum Gasteiger partial charge on any atom is 0.417 e. The Hall–Kier alpha value is -5.88. The predicted octanol–water partition coefficient (Wildman–Crippen LogP) is 8.36. The number of hydrogen-bond acceptors (Lipinski definition) is 14. The lowest BCUT2D eigenvalue weighted by molar-refractivity contribution is -0.384. The number of non-ortho nitro benzene ring substituents is 1. The van der Waals surface area contributed by atoms with Crippen LogP contribution in [0.5, 0.6) is 23.0 Å². The highest BCUT2D eigenvalue weighted by Crippen LogP contribution is 2.62. The van der Waals surface area contributed by atoms with Gasteiger partial charge in [0.2, 0.25) is 5.79 Å². The first-order valence-corrected chi connectivity index (χ1v) is 22.2. The van der Waals surface area contributed by atoms with E-state index in [1.807, 2.05) is 0 Å². The lowest BCUT2D eigenvalue weighted by Crippen LogP contribution is -2.69. The Balaban J connectivity index is 1.49. The highest BCUT2D eigenvalue weighted by Gasteiger charge is 2.65. The molecule has 3 aromatic carbocycles. The zero-order chi connectivity index (χ0) is 46.5. The number of nitrogens with zero attached hydrogens (tertiary/aromatic N) is 3. The van der Waals surface area contributed by atoms with Gasteiger partial charge in [0, 0.05) is 56.4 Å². The van der Waals surface area contributed by atoms with E-state index in [1.165, 1.54) is 31.3 Å². The normalized spacial score (nSPS) is 22.3. The first-order valence-electron chi connectivity index (χ1n) is 21.6. The second-order valence-electron chi connectivity index (χ2n) is 16.0. The number of halogens is 1. The van der Waals surface area contributed by atoms with Crippen LogP contribution in [0.25, 0.3) is 0 Å². The molecule has 1 heterocycles. The Bertz CT molecular complexity index is 2200. The van der Waals surface area contributed by atoms with E-state index in [2.05, 4.69) is 18.0 Å². The molecule has 0 saturated heterocycles.